The molecule has 3 heteroatoms. The van der Waals surface area contributed by atoms with Crippen molar-refractivity contribution in [3.05, 3.63) is 0 Å². The fourth-order valence-corrected chi connectivity index (χ4v) is 0.953. The van der Waals surface area contributed by atoms with Gasteiger partial charge in [0.2, 0.25) is 5.91 Å². The van der Waals surface area contributed by atoms with Gasteiger partial charge in [0.25, 0.3) is 0 Å². The fraction of sp³-hybridized carbons (Fsp3) is 0.875. The van der Waals surface area contributed by atoms with Gasteiger partial charge in [0.1, 0.15) is 0 Å². The minimum absolute atomic E-state index is 0.116. The predicted molar refractivity (Wildman–Crippen MR) is 44.2 cm³/mol. The Balaban J connectivity index is 3.44. The van der Waals surface area contributed by atoms with Crippen LogP contribution in [0.5, 0.6) is 0 Å². The maximum absolute atomic E-state index is 10.8. The summed E-state index contributed by atoms with van der Waals surface area (Å²) in [5, 5.41) is 8.49. The molecule has 3 nitrogen and oxygen atoms in total. The number of unbranched alkanes of at least 4 members (excludes halogenated alkanes) is 1. The van der Waals surface area contributed by atoms with Crippen molar-refractivity contribution < 1.29 is 9.90 Å². The number of rotatable bonds is 5. The third-order valence-electron chi connectivity index (χ3n) is 1.66. The first-order valence-corrected chi connectivity index (χ1v) is 4.08. The lowest BCUT2D eigenvalue weighted by atomic mass is 10.3. The van der Waals surface area contributed by atoms with Crippen molar-refractivity contribution in [3.8, 4) is 0 Å². The molecule has 0 atom stereocenters. The van der Waals surface area contributed by atoms with E-state index in [-0.39, 0.29) is 12.5 Å². The Bertz CT molecular complexity index is 115. The van der Waals surface area contributed by atoms with E-state index in [1.807, 2.05) is 6.92 Å². The molecule has 0 rings (SSSR count). The third kappa shape index (κ3) is 4.79. The van der Waals surface area contributed by atoms with Crippen LogP contribution in [0, 0.1) is 0 Å². The van der Waals surface area contributed by atoms with Gasteiger partial charge in [-0.15, -0.1) is 0 Å². The first-order valence-electron chi connectivity index (χ1n) is 4.08. The minimum Gasteiger partial charge on any atom is -0.396 e. The van der Waals surface area contributed by atoms with E-state index in [0.29, 0.717) is 0 Å². The number of hydrogen-bond donors (Lipinski definition) is 1. The summed E-state index contributed by atoms with van der Waals surface area (Å²) in [6, 6.07) is 0. The zero-order valence-corrected chi connectivity index (χ0v) is 7.34. The molecular weight excluding hydrogens is 142 g/mol. The summed E-state index contributed by atoms with van der Waals surface area (Å²) in [5.74, 6) is 0.116. The smallest absolute Gasteiger partial charge is 0.219 e. The van der Waals surface area contributed by atoms with E-state index in [0.717, 1.165) is 25.9 Å². The standard InChI is InChI=1S/C8H17NO2/c1-3-9(8(2)11)6-4-5-7-10/h10H,3-7H2,1-2H3. The maximum atomic E-state index is 10.8. The van der Waals surface area contributed by atoms with E-state index < -0.39 is 0 Å². The molecule has 0 heterocycles. The van der Waals surface area contributed by atoms with Gasteiger partial charge in [0.05, 0.1) is 0 Å². The van der Waals surface area contributed by atoms with E-state index in [2.05, 4.69) is 0 Å². The van der Waals surface area contributed by atoms with Crippen molar-refractivity contribution in [2.45, 2.75) is 26.7 Å². The maximum Gasteiger partial charge on any atom is 0.219 e. The van der Waals surface area contributed by atoms with Crippen molar-refractivity contribution in [1.82, 2.24) is 4.90 Å². The van der Waals surface area contributed by atoms with E-state index in [4.69, 9.17) is 5.11 Å². The number of aliphatic hydroxyl groups excluding tert-OH is 1. The molecule has 0 aliphatic rings. The molecule has 66 valence electrons. The van der Waals surface area contributed by atoms with Crippen LogP contribution in [-0.2, 0) is 4.79 Å². The second-order valence-electron chi connectivity index (χ2n) is 2.53. The molecule has 0 aliphatic heterocycles. The Morgan fingerprint density at radius 3 is 2.45 bits per heavy atom. The molecule has 0 aromatic carbocycles. The Hall–Kier alpha value is -0.570. The highest BCUT2D eigenvalue weighted by atomic mass is 16.2. The lowest BCUT2D eigenvalue weighted by molar-refractivity contribution is -0.128. The molecule has 0 aliphatic carbocycles. The molecule has 0 unspecified atom stereocenters. The molecule has 1 N–H and O–H groups in total. The molecule has 1 amide bonds. The summed E-state index contributed by atoms with van der Waals surface area (Å²) in [6.45, 7) is 5.28. The van der Waals surface area contributed by atoms with Crippen LogP contribution in [0.15, 0.2) is 0 Å². The van der Waals surface area contributed by atoms with Gasteiger partial charge in [-0.25, -0.2) is 0 Å². The fourth-order valence-electron chi connectivity index (χ4n) is 0.953. The monoisotopic (exact) mass is 159 g/mol. The van der Waals surface area contributed by atoms with Crippen LogP contribution in [0.3, 0.4) is 0 Å². The van der Waals surface area contributed by atoms with Gasteiger partial charge < -0.3 is 10.0 Å². The highest BCUT2D eigenvalue weighted by molar-refractivity contribution is 5.73. The van der Waals surface area contributed by atoms with Crippen molar-refractivity contribution >= 4 is 5.91 Å². The van der Waals surface area contributed by atoms with Crippen LogP contribution in [0.25, 0.3) is 0 Å². The number of carbonyl (C=O) groups is 1. The number of hydrogen-bond acceptors (Lipinski definition) is 2. The van der Waals surface area contributed by atoms with Gasteiger partial charge in [-0.1, -0.05) is 0 Å². The summed E-state index contributed by atoms with van der Waals surface area (Å²) in [7, 11) is 0. The summed E-state index contributed by atoms with van der Waals surface area (Å²) >= 11 is 0. The number of nitrogens with zero attached hydrogens (tertiary/aromatic N) is 1. The summed E-state index contributed by atoms with van der Waals surface area (Å²) in [6.07, 6.45) is 1.67. The van der Waals surface area contributed by atoms with E-state index in [9.17, 15) is 4.79 Å². The second-order valence-corrected chi connectivity index (χ2v) is 2.53. The molecule has 0 spiro atoms. The molecule has 0 aromatic heterocycles. The Kier molecular flexibility index (Phi) is 5.84. The van der Waals surface area contributed by atoms with E-state index >= 15 is 0 Å². The van der Waals surface area contributed by atoms with E-state index in [1.165, 1.54) is 0 Å². The zero-order valence-electron chi connectivity index (χ0n) is 7.34. The van der Waals surface area contributed by atoms with Gasteiger partial charge in [-0.05, 0) is 19.8 Å². The van der Waals surface area contributed by atoms with Crippen molar-refractivity contribution in [3.63, 3.8) is 0 Å². The average Bonchev–Trinajstić information content (AvgIpc) is 1.97. The summed E-state index contributed by atoms with van der Waals surface area (Å²) in [5.41, 5.74) is 0. The topological polar surface area (TPSA) is 40.5 Å². The van der Waals surface area contributed by atoms with Crippen LogP contribution in [0.2, 0.25) is 0 Å². The number of amides is 1. The van der Waals surface area contributed by atoms with Gasteiger partial charge >= 0.3 is 0 Å². The van der Waals surface area contributed by atoms with Crippen molar-refractivity contribution in [2.75, 3.05) is 19.7 Å². The minimum atomic E-state index is 0.116. The molecule has 0 saturated carbocycles. The van der Waals surface area contributed by atoms with Gasteiger partial charge in [0.15, 0.2) is 0 Å². The number of carbonyl (C=O) groups excluding carboxylic acids is 1. The second kappa shape index (κ2) is 6.16. The Morgan fingerprint density at radius 1 is 1.45 bits per heavy atom. The first kappa shape index (κ1) is 10.4. The lowest BCUT2D eigenvalue weighted by Crippen LogP contribution is -2.29. The van der Waals surface area contributed by atoms with Crippen LogP contribution in [-0.4, -0.2) is 35.6 Å². The largest absolute Gasteiger partial charge is 0.396 e. The molecular formula is C8H17NO2. The van der Waals surface area contributed by atoms with Gasteiger partial charge in [-0.2, -0.15) is 0 Å². The van der Waals surface area contributed by atoms with Gasteiger partial charge in [0, 0.05) is 26.6 Å². The van der Waals surface area contributed by atoms with Gasteiger partial charge in [-0.3, -0.25) is 4.79 Å². The van der Waals surface area contributed by atoms with E-state index in [1.54, 1.807) is 11.8 Å². The van der Waals surface area contributed by atoms with Crippen LogP contribution < -0.4 is 0 Å². The molecule has 11 heavy (non-hydrogen) atoms. The average molecular weight is 159 g/mol. The van der Waals surface area contributed by atoms with Crippen molar-refractivity contribution in [2.24, 2.45) is 0 Å². The van der Waals surface area contributed by atoms with Crippen LogP contribution in [0.4, 0.5) is 0 Å². The summed E-state index contributed by atoms with van der Waals surface area (Å²) < 4.78 is 0. The zero-order chi connectivity index (χ0) is 8.69. The predicted octanol–water partition coefficient (Wildman–Crippen LogP) is 0.627. The summed E-state index contributed by atoms with van der Waals surface area (Å²) in [4.78, 5) is 12.6. The molecule has 0 saturated heterocycles. The first-order chi connectivity index (χ1) is 5.22. The Morgan fingerprint density at radius 2 is 2.09 bits per heavy atom. The highest BCUT2D eigenvalue weighted by Gasteiger charge is 2.03. The molecule has 0 bridgehead atoms. The molecule has 0 aromatic rings. The third-order valence-corrected chi connectivity index (χ3v) is 1.66. The normalized spacial score (nSPS) is 9.73. The lowest BCUT2D eigenvalue weighted by Gasteiger charge is -2.17. The Labute approximate surface area is 68.0 Å². The molecule has 0 radical (unpaired) electrons. The SMILES string of the molecule is CCN(CCCCO)C(C)=O. The van der Waals surface area contributed by atoms with Crippen LogP contribution >= 0.6 is 0 Å². The van der Waals surface area contributed by atoms with Crippen molar-refractivity contribution in [1.29, 1.82) is 0 Å². The highest BCUT2D eigenvalue weighted by Crippen LogP contribution is 1.94. The number of aliphatic hydroxyl groups is 1. The molecule has 0 fully saturated rings. The quantitative estimate of drug-likeness (QED) is 0.598. The van der Waals surface area contributed by atoms with Crippen LogP contribution in [0.1, 0.15) is 26.7 Å².